The maximum atomic E-state index is 12.7. The molecular weight excluding hydrogens is 376 g/mol. The van der Waals surface area contributed by atoms with Gasteiger partial charge in [0.15, 0.2) is 6.61 Å². The van der Waals surface area contributed by atoms with E-state index < -0.39 is 36.0 Å². The molecule has 2 heterocycles. The molecule has 0 radical (unpaired) electrons. The molecule has 1 aliphatic heterocycles. The summed E-state index contributed by atoms with van der Waals surface area (Å²) >= 11 is 0. The number of ether oxygens (including phenoxy) is 1. The summed E-state index contributed by atoms with van der Waals surface area (Å²) in [6.07, 6.45) is 3.74. The van der Waals surface area contributed by atoms with Gasteiger partial charge in [-0.15, -0.1) is 0 Å². The van der Waals surface area contributed by atoms with E-state index in [0.29, 0.717) is 17.9 Å². The summed E-state index contributed by atoms with van der Waals surface area (Å²) in [6.45, 7) is 0.955. The third-order valence-electron chi connectivity index (χ3n) is 4.49. The third kappa shape index (κ3) is 4.75. The number of benzene rings is 1. The van der Waals surface area contributed by atoms with E-state index in [1.54, 1.807) is 13.0 Å². The molecule has 0 aliphatic carbocycles. The van der Waals surface area contributed by atoms with E-state index >= 15 is 0 Å². The molecule has 0 spiro atoms. The third-order valence-corrected chi connectivity index (χ3v) is 4.49. The van der Waals surface area contributed by atoms with Crippen LogP contribution in [0.5, 0.6) is 0 Å². The smallest absolute Gasteiger partial charge is 0.344 e. The summed E-state index contributed by atoms with van der Waals surface area (Å²) in [5.74, 6) is -2.12. The standard InChI is InChI=1S/C20H20N4O5/c1-20(10-9-14-6-3-2-4-7-14)18(27)24(19(28)22-20)23-16(25)13-29-17(26)15-8-5-11-21-12-15/h2-8,11-12H,9-10,13H2,1H3,(H,22,28)(H,23,25)/t20-/m1/s1. The zero-order valence-corrected chi connectivity index (χ0v) is 15.8. The molecule has 29 heavy (non-hydrogen) atoms. The molecule has 0 bridgehead atoms. The van der Waals surface area contributed by atoms with Crippen LogP contribution in [0.25, 0.3) is 0 Å². The molecule has 1 aromatic heterocycles. The Morgan fingerprint density at radius 3 is 2.62 bits per heavy atom. The van der Waals surface area contributed by atoms with Crippen molar-refractivity contribution in [3.8, 4) is 0 Å². The van der Waals surface area contributed by atoms with Crippen LogP contribution in [0.15, 0.2) is 54.9 Å². The predicted octanol–water partition coefficient (Wildman–Crippen LogP) is 1.21. The summed E-state index contributed by atoms with van der Waals surface area (Å²) in [5.41, 5.74) is 2.24. The summed E-state index contributed by atoms with van der Waals surface area (Å²) < 4.78 is 4.87. The molecule has 1 aromatic carbocycles. The van der Waals surface area contributed by atoms with Crippen molar-refractivity contribution < 1.29 is 23.9 Å². The van der Waals surface area contributed by atoms with Crippen molar-refractivity contribution in [2.75, 3.05) is 6.61 Å². The maximum Gasteiger partial charge on any atom is 0.344 e. The maximum absolute atomic E-state index is 12.7. The molecule has 1 saturated heterocycles. The first-order chi connectivity index (χ1) is 13.9. The fraction of sp³-hybridized carbons (Fsp3) is 0.250. The number of rotatable bonds is 7. The van der Waals surface area contributed by atoms with Crippen LogP contribution in [0.2, 0.25) is 0 Å². The first kappa shape index (κ1) is 20.0. The van der Waals surface area contributed by atoms with Crippen molar-refractivity contribution in [3.63, 3.8) is 0 Å². The molecule has 150 valence electrons. The second kappa shape index (κ2) is 8.51. The predicted molar refractivity (Wildman–Crippen MR) is 101 cm³/mol. The molecule has 0 saturated carbocycles. The van der Waals surface area contributed by atoms with Crippen molar-refractivity contribution in [1.29, 1.82) is 0 Å². The molecule has 2 N–H and O–H groups in total. The monoisotopic (exact) mass is 396 g/mol. The number of nitrogens with zero attached hydrogens (tertiary/aromatic N) is 2. The van der Waals surface area contributed by atoms with E-state index in [0.717, 1.165) is 5.56 Å². The van der Waals surface area contributed by atoms with Crippen LogP contribution in [-0.4, -0.2) is 46.0 Å². The molecule has 9 heteroatoms. The number of hydrogen-bond acceptors (Lipinski definition) is 6. The van der Waals surface area contributed by atoms with Gasteiger partial charge in [-0.05, 0) is 37.5 Å². The number of nitrogens with one attached hydrogen (secondary N) is 2. The number of carbonyl (C=O) groups is 4. The number of imide groups is 1. The van der Waals surface area contributed by atoms with E-state index in [4.69, 9.17) is 4.74 Å². The van der Waals surface area contributed by atoms with Gasteiger partial charge in [0, 0.05) is 12.4 Å². The number of hydrogen-bond donors (Lipinski definition) is 2. The molecular formula is C20H20N4O5. The minimum atomic E-state index is -1.15. The Labute approximate surface area is 167 Å². The SMILES string of the molecule is C[C@]1(CCc2ccccc2)NC(=O)N(NC(=O)COC(=O)c2cccnc2)C1=O. The number of pyridine rings is 1. The van der Waals surface area contributed by atoms with Crippen molar-refractivity contribution in [2.45, 2.75) is 25.3 Å². The Bertz CT molecular complexity index is 919. The molecule has 1 aliphatic rings. The van der Waals surface area contributed by atoms with Gasteiger partial charge in [-0.3, -0.25) is 20.0 Å². The van der Waals surface area contributed by atoms with Gasteiger partial charge in [-0.25, -0.2) is 9.59 Å². The van der Waals surface area contributed by atoms with Gasteiger partial charge in [-0.2, -0.15) is 5.01 Å². The highest BCUT2D eigenvalue weighted by Gasteiger charge is 2.48. The molecule has 9 nitrogen and oxygen atoms in total. The van der Waals surface area contributed by atoms with Crippen LogP contribution in [0.3, 0.4) is 0 Å². The Hall–Kier alpha value is -3.75. The van der Waals surface area contributed by atoms with E-state index in [9.17, 15) is 19.2 Å². The number of aryl methyl sites for hydroxylation is 1. The fourth-order valence-corrected chi connectivity index (χ4v) is 2.85. The summed E-state index contributed by atoms with van der Waals surface area (Å²) in [6, 6.07) is 11.9. The lowest BCUT2D eigenvalue weighted by Crippen LogP contribution is -2.50. The second-order valence-electron chi connectivity index (χ2n) is 6.74. The summed E-state index contributed by atoms with van der Waals surface area (Å²) in [7, 11) is 0. The summed E-state index contributed by atoms with van der Waals surface area (Å²) in [4.78, 5) is 52.5. The highest BCUT2D eigenvalue weighted by Crippen LogP contribution is 2.22. The first-order valence-corrected chi connectivity index (χ1v) is 8.96. The molecule has 2 aromatic rings. The van der Waals surface area contributed by atoms with E-state index in [1.165, 1.54) is 18.5 Å². The van der Waals surface area contributed by atoms with E-state index in [2.05, 4.69) is 15.7 Å². The molecule has 0 unspecified atom stereocenters. The van der Waals surface area contributed by atoms with E-state index in [1.807, 2.05) is 30.3 Å². The van der Waals surface area contributed by atoms with Crippen LogP contribution < -0.4 is 10.7 Å². The number of hydrazine groups is 1. The summed E-state index contributed by atoms with van der Waals surface area (Å²) in [5, 5.41) is 3.22. The van der Waals surface area contributed by atoms with Gasteiger partial charge in [0.2, 0.25) is 0 Å². The molecule has 1 atom stereocenters. The minimum absolute atomic E-state index is 0.184. The number of esters is 1. The van der Waals surface area contributed by atoms with Crippen LogP contribution in [-0.2, 0) is 20.7 Å². The molecule has 4 amide bonds. The van der Waals surface area contributed by atoms with Crippen molar-refractivity contribution >= 4 is 23.8 Å². The number of urea groups is 1. The van der Waals surface area contributed by atoms with Gasteiger partial charge >= 0.3 is 12.0 Å². The van der Waals surface area contributed by atoms with Crippen LogP contribution in [0.1, 0.15) is 29.3 Å². The second-order valence-corrected chi connectivity index (χ2v) is 6.74. The van der Waals surface area contributed by atoms with Gasteiger partial charge in [0.05, 0.1) is 5.56 Å². The van der Waals surface area contributed by atoms with Gasteiger partial charge < -0.3 is 10.1 Å². The minimum Gasteiger partial charge on any atom is -0.452 e. The van der Waals surface area contributed by atoms with Crippen molar-refractivity contribution in [1.82, 2.24) is 20.7 Å². The number of aromatic nitrogens is 1. The van der Waals surface area contributed by atoms with Gasteiger partial charge in [0.25, 0.3) is 11.8 Å². The highest BCUT2D eigenvalue weighted by atomic mass is 16.5. The zero-order valence-electron chi connectivity index (χ0n) is 15.8. The van der Waals surface area contributed by atoms with Crippen molar-refractivity contribution in [2.24, 2.45) is 0 Å². The lowest BCUT2D eigenvalue weighted by Gasteiger charge is -2.21. The van der Waals surface area contributed by atoms with Crippen molar-refractivity contribution in [3.05, 3.63) is 66.0 Å². The first-order valence-electron chi connectivity index (χ1n) is 8.96. The Balaban J connectivity index is 1.53. The van der Waals surface area contributed by atoms with Gasteiger partial charge in [0.1, 0.15) is 5.54 Å². The lowest BCUT2D eigenvalue weighted by atomic mass is 9.93. The van der Waals surface area contributed by atoms with Crippen LogP contribution in [0, 0.1) is 0 Å². The quantitative estimate of drug-likeness (QED) is 0.537. The average Bonchev–Trinajstić information content (AvgIpc) is 2.95. The topological polar surface area (TPSA) is 118 Å². The number of carbonyl (C=O) groups excluding carboxylic acids is 4. The molecule has 3 rings (SSSR count). The highest BCUT2D eigenvalue weighted by molar-refractivity contribution is 6.07. The van der Waals surface area contributed by atoms with Crippen LogP contribution in [0.4, 0.5) is 4.79 Å². The lowest BCUT2D eigenvalue weighted by molar-refractivity contribution is -0.140. The zero-order chi connectivity index (χ0) is 20.9. The number of amides is 4. The fourth-order valence-electron chi connectivity index (χ4n) is 2.85. The average molecular weight is 396 g/mol. The molecule has 1 fully saturated rings. The Kier molecular flexibility index (Phi) is 5.87. The van der Waals surface area contributed by atoms with Gasteiger partial charge in [-0.1, -0.05) is 30.3 Å². The largest absolute Gasteiger partial charge is 0.452 e. The normalized spacial score (nSPS) is 18.3. The Morgan fingerprint density at radius 2 is 1.93 bits per heavy atom. The van der Waals surface area contributed by atoms with Crippen LogP contribution >= 0.6 is 0 Å². The Morgan fingerprint density at radius 1 is 1.17 bits per heavy atom. The van der Waals surface area contributed by atoms with E-state index in [-0.39, 0.29) is 5.56 Å².